The first-order valence-electron chi connectivity index (χ1n) is 7.55. The minimum Gasteiger partial charge on any atom is -0.308 e. The Balaban J connectivity index is 0.00000208. The van der Waals surface area contributed by atoms with E-state index in [4.69, 9.17) is 11.6 Å². The molecule has 2 N–H and O–H groups in total. The zero-order valence-corrected chi connectivity index (χ0v) is 15.6. The maximum absolute atomic E-state index is 12.5. The van der Waals surface area contributed by atoms with Crippen molar-refractivity contribution in [2.75, 3.05) is 13.1 Å². The maximum Gasteiger partial charge on any atom is 0.242 e. The van der Waals surface area contributed by atoms with Gasteiger partial charge in [0.05, 0.1) is 5.02 Å². The zero-order chi connectivity index (χ0) is 16.4. The van der Waals surface area contributed by atoms with Crippen LogP contribution in [0.15, 0.2) is 47.4 Å². The first-order chi connectivity index (χ1) is 11.0. The number of sulfonamides is 1. The Hall–Kier alpha value is -1.11. The molecule has 2 aromatic carbocycles. The van der Waals surface area contributed by atoms with Crippen LogP contribution in [0.25, 0.3) is 0 Å². The lowest BCUT2D eigenvalue weighted by Gasteiger charge is -2.27. The van der Waals surface area contributed by atoms with E-state index in [1.54, 1.807) is 19.1 Å². The smallest absolute Gasteiger partial charge is 0.242 e. The molecule has 1 aliphatic rings. The fourth-order valence-corrected chi connectivity index (χ4v) is 4.50. The second kappa shape index (κ2) is 7.85. The summed E-state index contributed by atoms with van der Waals surface area (Å²) in [5.41, 5.74) is 3.16. The highest BCUT2D eigenvalue weighted by molar-refractivity contribution is 7.89. The summed E-state index contributed by atoms with van der Waals surface area (Å²) < 4.78 is 27.8. The molecule has 7 heteroatoms. The Bertz CT molecular complexity index is 825. The summed E-state index contributed by atoms with van der Waals surface area (Å²) in [6, 6.07) is 13.1. The van der Waals surface area contributed by atoms with E-state index in [2.05, 4.69) is 16.1 Å². The highest BCUT2D eigenvalue weighted by Gasteiger charge is 2.23. The minimum absolute atomic E-state index is 0. The number of halogens is 2. The Kier molecular flexibility index (Phi) is 6.28. The van der Waals surface area contributed by atoms with Crippen LogP contribution in [-0.4, -0.2) is 21.5 Å². The summed E-state index contributed by atoms with van der Waals surface area (Å²) in [7, 11) is -3.64. The third kappa shape index (κ3) is 3.92. The van der Waals surface area contributed by atoms with E-state index in [0.29, 0.717) is 6.54 Å². The van der Waals surface area contributed by atoms with Crippen molar-refractivity contribution in [2.24, 2.45) is 0 Å². The predicted octanol–water partition coefficient (Wildman–Crippen LogP) is 3.24. The van der Waals surface area contributed by atoms with Crippen LogP contribution in [-0.2, 0) is 16.4 Å². The van der Waals surface area contributed by atoms with Crippen LogP contribution >= 0.6 is 24.0 Å². The largest absolute Gasteiger partial charge is 0.308 e. The van der Waals surface area contributed by atoms with Crippen LogP contribution in [0.1, 0.15) is 22.7 Å². The topological polar surface area (TPSA) is 58.2 Å². The van der Waals surface area contributed by atoms with E-state index in [1.807, 2.05) is 18.2 Å². The predicted molar refractivity (Wildman–Crippen MR) is 99.5 cm³/mol. The van der Waals surface area contributed by atoms with Gasteiger partial charge in [0.25, 0.3) is 0 Å². The van der Waals surface area contributed by atoms with Gasteiger partial charge >= 0.3 is 0 Å². The van der Waals surface area contributed by atoms with Crippen LogP contribution in [0.4, 0.5) is 0 Å². The summed E-state index contributed by atoms with van der Waals surface area (Å²) >= 11 is 6.15. The standard InChI is InChI=1S/C17H19ClN2O2S.ClH/c1-12-5-4-8-16(17(12)18)23(21,22)20-11-15-14-7-3-2-6-13(14)9-10-19-15;/h2-8,15,19-20H,9-11H2,1H3;1H. The molecule has 24 heavy (non-hydrogen) atoms. The van der Waals surface area contributed by atoms with Gasteiger partial charge in [-0.15, -0.1) is 12.4 Å². The van der Waals surface area contributed by atoms with Gasteiger partial charge < -0.3 is 5.32 Å². The molecule has 0 radical (unpaired) electrons. The first-order valence-corrected chi connectivity index (χ1v) is 9.41. The molecule has 0 fully saturated rings. The molecule has 130 valence electrons. The molecule has 3 rings (SSSR count). The average Bonchev–Trinajstić information content (AvgIpc) is 2.55. The summed E-state index contributed by atoms with van der Waals surface area (Å²) in [6.45, 7) is 2.93. The fraction of sp³-hybridized carbons (Fsp3) is 0.294. The second-order valence-corrected chi connectivity index (χ2v) is 7.81. The zero-order valence-electron chi connectivity index (χ0n) is 13.3. The average molecular weight is 387 g/mol. The molecule has 0 aromatic heterocycles. The van der Waals surface area contributed by atoms with Gasteiger partial charge in [0.2, 0.25) is 10.0 Å². The van der Waals surface area contributed by atoms with Gasteiger partial charge in [-0.3, -0.25) is 0 Å². The van der Waals surface area contributed by atoms with Gasteiger partial charge in [0.1, 0.15) is 4.90 Å². The van der Waals surface area contributed by atoms with Crippen molar-refractivity contribution in [2.45, 2.75) is 24.3 Å². The van der Waals surface area contributed by atoms with Crippen molar-refractivity contribution in [1.29, 1.82) is 0 Å². The molecule has 0 amide bonds. The second-order valence-electron chi connectivity index (χ2n) is 5.69. The summed E-state index contributed by atoms with van der Waals surface area (Å²) in [4.78, 5) is 0.128. The molecule has 2 aromatic rings. The van der Waals surface area contributed by atoms with Gasteiger partial charge in [0, 0.05) is 12.6 Å². The van der Waals surface area contributed by atoms with E-state index in [1.165, 1.54) is 11.6 Å². The van der Waals surface area contributed by atoms with Gasteiger partial charge in [-0.05, 0) is 42.6 Å². The highest BCUT2D eigenvalue weighted by Crippen LogP contribution is 2.26. The quantitative estimate of drug-likeness (QED) is 0.847. The highest BCUT2D eigenvalue weighted by atomic mass is 35.5. The Morgan fingerprint density at radius 3 is 2.75 bits per heavy atom. The molecular formula is C17H20Cl2N2O2S. The number of benzene rings is 2. The number of hydrogen-bond donors (Lipinski definition) is 2. The third-order valence-electron chi connectivity index (χ3n) is 4.14. The molecule has 1 heterocycles. The van der Waals surface area contributed by atoms with Crippen LogP contribution in [0.5, 0.6) is 0 Å². The number of nitrogens with one attached hydrogen (secondary N) is 2. The van der Waals surface area contributed by atoms with E-state index in [-0.39, 0.29) is 28.4 Å². The van der Waals surface area contributed by atoms with Gasteiger partial charge in [-0.2, -0.15) is 0 Å². The fourth-order valence-electron chi connectivity index (χ4n) is 2.87. The number of fused-ring (bicyclic) bond motifs is 1. The summed E-state index contributed by atoms with van der Waals surface area (Å²) in [6.07, 6.45) is 0.961. The Morgan fingerprint density at radius 1 is 1.21 bits per heavy atom. The molecule has 0 saturated carbocycles. The van der Waals surface area contributed by atoms with Crippen molar-refractivity contribution >= 4 is 34.0 Å². The minimum atomic E-state index is -3.64. The Labute approximate surface area is 154 Å². The van der Waals surface area contributed by atoms with Crippen LogP contribution < -0.4 is 10.0 Å². The van der Waals surface area contributed by atoms with Gasteiger partial charge in [-0.1, -0.05) is 48.0 Å². The third-order valence-corrected chi connectivity index (χ3v) is 6.22. The van der Waals surface area contributed by atoms with E-state index >= 15 is 0 Å². The normalized spacial score (nSPS) is 17.0. The molecule has 1 aliphatic heterocycles. The lowest BCUT2D eigenvalue weighted by atomic mass is 9.95. The van der Waals surface area contributed by atoms with Crippen molar-refractivity contribution < 1.29 is 8.42 Å². The molecule has 0 bridgehead atoms. The number of hydrogen-bond acceptors (Lipinski definition) is 3. The van der Waals surface area contributed by atoms with Crippen molar-refractivity contribution in [3.63, 3.8) is 0 Å². The van der Waals surface area contributed by atoms with Gasteiger partial charge in [-0.25, -0.2) is 13.1 Å². The van der Waals surface area contributed by atoms with E-state index in [0.717, 1.165) is 24.1 Å². The molecule has 4 nitrogen and oxygen atoms in total. The first kappa shape index (κ1) is 19.2. The van der Waals surface area contributed by atoms with Crippen LogP contribution in [0.2, 0.25) is 5.02 Å². The van der Waals surface area contributed by atoms with Crippen LogP contribution in [0.3, 0.4) is 0 Å². The van der Waals surface area contributed by atoms with Crippen molar-refractivity contribution in [1.82, 2.24) is 10.0 Å². The summed E-state index contributed by atoms with van der Waals surface area (Å²) in [5.74, 6) is 0. The van der Waals surface area contributed by atoms with E-state index in [9.17, 15) is 8.42 Å². The van der Waals surface area contributed by atoms with E-state index < -0.39 is 10.0 Å². The number of rotatable bonds is 4. The maximum atomic E-state index is 12.5. The van der Waals surface area contributed by atoms with Crippen molar-refractivity contribution in [3.8, 4) is 0 Å². The van der Waals surface area contributed by atoms with Crippen LogP contribution in [0, 0.1) is 6.92 Å². The molecular weight excluding hydrogens is 367 g/mol. The molecule has 0 spiro atoms. The summed E-state index contributed by atoms with van der Waals surface area (Å²) in [5, 5.41) is 3.64. The SMILES string of the molecule is Cc1cccc(S(=O)(=O)NCC2NCCc3ccccc32)c1Cl.Cl. The molecule has 1 unspecified atom stereocenters. The molecule has 1 atom stereocenters. The molecule has 0 saturated heterocycles. The number of aryl methyl sites for hydroxylation is 1. The van der Waals surface area contributed by atoms with Gasteiger partial charge in [0.15, 0.2) is 0 Å². The van der Waals surface area contributed by atoms with Crippen molar-refractivity contribution in [3.05, 3.63) is 64.2 Å². The lowest BCUT2D eigenvalue weighted by molar-refractivity contribution is 0.491. The molecule has 0 aliphatic carbocycles. The monoisotopic (exact) mass is 386 g/mol. The Morgan fingerprint density at radius 2 is 1.96 bits per heavy atom. The lowest BCUT2D eigenvalue weighted by Crippen LogP contribution is -2.38.